The molecule has 4 rings (SSSR count). The van der Waals surface area contributed by atoms with Gasteiger partial charge in [-0.2, -0.15) is 0 Å². The zero-order valence-corrected chi connectivity index (χ0v) is 17.6. The van der Waals surface area contributed by atoms with Crippen LogP contribution in [0.1, 0.15) is 28.7 Å². The fourth-order valence-corrected chi connectivity index (χ4v) is 3.96. The molecule has 0 heterocycles. The van der Waals surface area contributed by atoms with E-state index in [1.807, 2.05) is 48.6 Å². The van der Waals surface area contributed by atoms with Crippen LogP contribution in [0.4, 0.5) is 0 Å². The van der Waals surface area contributed by atoms with Crippen LogP contribution in [0.25, 0.3) is 5.57 Å². The molecule has 1 aliphatic rings. The lowest BCUT2D eigenvalue weighted by atomic mass is 9.79. The first-order valence-corrected chi connectivity index (χ1v) is 10.5. The molecule has 0 amide bonds. The minimum absolute atomic E-state index is 0.261. The van der Waals surface area contributed by atoms with Gasteiger partial charge in [0, 0.05) is 0 Å². The maximum atomic E-state index is 9.76. The van der Waals surface area contributed by atoms with Crippen LogP contribution in [0.5, 0.6) is 11.5 Å². The summed E-state index contributed by atoms with van der Waals surface area (Å²) in [7, 11) is 0. The molecule has 0 fully saturated rings. The van der Waals surface area contributed by atoms with Crippen molar-refractivity contribution in [2.45, 2.75) is 19.4 Å². The fraction of sp³-hybridized carbons (Fsp3) is 0.103. The molecule has 0 unspecified atom stereocenters. The smallest absolute Gasteiger partial charge is 0.120 e. The summed E-state index contributed by atoms with van der Waals surface area (Å²) in [6, 6.07) is 23.9. The van der Waals surface area contributed by atoms with Gasteiger partial charge in [0.05, 0.1) is 0 Å². The molecule has 31 heavy (non-hydrogen) atoms. The predicted molar refractivity (Wildman–Crippen MR) is 128 cm³/mol. The standard InChI is InChI=1S/C29H26O2/c1-3-4-8-21(2)27-17-13-24-19-26(31-20-22-9-6-5-7-10-22)16-18-28(24)29(27)23-11-14-25(30)15-12-23/h3-12,14-16,18-19,30H,1-2,13,17,20H2/b8-4-. The first kappa shape index (κ1) is 20.5. The lowest BCUT2D eigenvalue weighted by Gasteiger charge is -2.25. The molecular weight excluding hydrogens is 380 g/mol. The molecule has 0 aliphatic heterocycles. The Hall–Kier alpha value is -3.78. The van der Waals surface area contributed by atoms with Crippen molar-refractivity contribution in [3.05, 3.63) is 138 Å². The van der Waals surface area contributed by atoms with Crippen LogP contribution in [0, 0.1) is 0 Å². The third-order valence-corrected chi connectivity index (χ3v) is 5.52. The van der Waals surface area contributed by atoms with Crippen LogP contribution in [0.15, 0.2) is 115 Å². The van der Waals surface area contributed by atoms with Crippen molar-refractivity contribution in [2.75, 3.05) is 0 Å². The highest BCUT2D eigenvalue weighted by atomic mass is 16.5. The Morgan fingerprint density at radius 2 is 1.74 bits per heavy atom. The van der Waals surface area contributed by atoms with E-state index in [0.29, 0.717) is 6.61 Å². The Kier molecular flexibility index (Phi) is 6.18. The molecule has 0 saturated heterocycles. The zero-order valence-electron chi connectivity index (χ0n) is 17.6. The molecular formula is C29H26O2. The van der Waals surface area contributed by atoms with E-state index >= 15 is 0 Å². The highest BCUT2D eigenvalue weighted by Gasteiger charge is 2.22. The van der Waals surface area contributed by atoms with E-state index in [9.17, 15) is 5.11 Å². The van der Waals surface area contributed by atoms with Gasteiger partial charge >= 0.3 is 0 Å². The highest BCUT2D eigenvalue weighted by molar-refractivity contribution is 5.88. The number of aromatic hydroxyl groups is 1. The van der Waals surface area contributed by atoms with Crippen molar-refractivity contribution in [1.29, 1.82) is 0 Å². The molecule has 0 bridgehead atoms. The number of allylic oxidation sites excluding steroid dienone is 5. The number of hydrogen-bond acceptors (Lipinski definition) is 2. The number of aryl methyl sites for hydroxylation is 1. The maximum absolute atomic E-state index is 9.76. The summed E-state index contributed by atoms with van der Waals surface area (Å²) in [6.07, 6.45) is 7.51. The summed E-state index contributed by atoms with van der Waals surface area (Å²) >= 11 is 0. The molecule has 0 spiro atoms. The van der Waals surface area contributed by atoms with Gasteiger partial charge in [-0.3, -0.25) is 0 Å². The van der Waals surface area contributed by atoms with E-state index in [1.54, 1.807) is 18.2 Å². The van der Waals surface area contributed by atoms with Crippen molar-refractivity contribution < 1.29 is 9.84 Å². The van der Waals surface area contributed by atoms with Crippen molar-refractivity contribution in [1.82, 2.24) is 0 Å². The van der Waals surface area contributed by atoms with E-state index in [0.717, 1.165) is 40.9 Å². The molecule has 0 saturated carbocycles. The summed E-state index contributed by atoms with van der Waals surface area (Å²) in [4.78, 5) is 0. The summed E-state index contributed by atoms with van der Waals surface area (Å²) < 4.78 is 6.05. The average molecular weight is 407 g/mol. The fourth-order valence-electron chi connectivity index (χ4n) is 3.96. The monoisotopic (exact) mass is 406 g/mol. The van der Waals surface area contributed by atoms with Crippen LogP contribution in [-0.4, -0.2) is 5.11 Å². The highest BCUT2D eigenvalue weighted by Crippen LogP contribution is 2.40. The van der Waals surface area contributed by atoms with E-state index in [1.165, 1.54) is 16.7 Å². The van der Waals surface area contributed by atoms with E-state index in [2.05, 4.69) is 37.4 Å². The lowest BCUT2D eigenvalue weighted by Crippen LogP contribution is -2.08. The number of phenols is 1. The average Bonchev–Trinajstić information content (AvgIpc) is 2.81. The third-order valence-electron chi connectivity index (χ3n) is 5.52. The maximum Gasteiger partial charge on any atom is 0.120 e. The van der Waals surface area contributed by atoms with Gasteiger partial charge in [-0.05, 0) is 76.1 Å². The van der Waals surface area contributed by atoms with Gasteiger partial charge in [0.25, 0.3) is 0 Å². The van der Waals surface area contributed by atoms with E-state index in [4.69, 9.17) is 4.74 Å². The van der Waals surface area contributed by atoms with E-state index < -0.39 is 0 Å². The largest absolute Gasteiger partial charge is 0.508 e. The van der Waals surface area contributed by atoms with Crippen LogP contribution in [0.3, 0.4) is 0 Å². The molecule has 3 aromatic rings. The van der Waals surface area contributed by atoms with Crippen molar-refractivity contribution in [3.8, 4) is 11.5 Å². The van der Waals surface area contributed by atoms with Crippen LogP contribution >= 0.6 is 0 Å². The Balaban J connectivity index is 1.70. The van der Waals surface area contributed by atoms with Crippen molar-refractivity contribution in [2.24, 2.45) is 0 Å². The Bertz CT molecular complexity index is 1150. The predicted octanol–water partition coefficient (Wildman–Crippen LogP) is 7.02. The molecule has 0 aromatic heterocycles. The quantitative estimate of drug-likeness (QED) is 0.427. The number of phenolic OH excluding ortho intramolecular Hbond substituents is 1. The summed E-state index contributed by atoms with van der Waals surface area (Å²) in [5.74, 6) is 1.14. The zero-order chi connectivity index (χ0) is 21.6. The van der Waals surface area contributed by atoms with Gasteiger partial charge in [0.15, 0.2) is 0 Å². The summed E-state index contributed by atoms with van der Waals surface area (Å²) in [5, 5.41) is 9.76. The topological polar surface area (TPSA) is 29.5 Å². The number of rotatable bonds is 7. The van der Waals surface area contributed by atoms with Gasteiger partial charge in [-0.15, -0.1) is 0 Å². The second kappa shape index (κ2) is 9.36. The second-order valence-corrected chi connectivity index (χ2v) is 7.61. The first-order chi connectivity index (χ1) is 15.2. The molecule has 2 heteroatoms. The van der Waals surface area contributed by atoms with E-state index in [-0.39, 0.29) is 5.75 Å². The Morgan fingerprint density at radius 3 is 2.48 bits per heavy atom. The summed E-state index contributed by atoms with van der Waals surface area (Å²) in [6.45, 7) is 8.61. The molecule has 1 N–H and O–H groups in total. The molecule has 1 aliphatic carbocycles. The third kappa shape index (κ3) is 4.70. The van der Waals surface area contributed by atoms with Gasteiger partial charge in [0.2, 0.25) is 0 Å². The van der Waals surface area contributed by atoms with Crippen molar-refractivity contribution in [3.63, 3.8) is 0 Å². The molecule has 154 valence electrons. The van der Waals surface area contributed by atoms with Crippen LogP contribution in [0.2, 0.25) is 0 Å². The molecule has 0 atom stereocenters. The lowest BCUT2D eigenvalue weighted by molar-refractivity contribution is 0.306. The minimum atomic E-state index is 0.261. The van der Waals surface area contributed by atoms with Crippen molar-refractivity contribution >= 4 is 5.57 Å². The number of benzene rings is 3. The van der Waals surface area contributed by atoms with Gasteiger partial charge < -0.3 is 9.84 Å². The molecule has 2 nitrogen and oxygen atoms in total. The number of fused-ring (bicyclic) bond motifs is 1. The first-order valence-electron chi connectivity index (χ1n) is 10.5. The minimum Gasteiger partial charge on any atom is -0.508 e. The normalized spacial score (nSPS) is 13.2. The number of ether oxygens (including phenoxy) is 1. The second-order valence-electron chi connectivity index (χ2n) is 7.61. The van der Waals surface area contributed by atoms with Gasteiger partial charge in [0.1, 0.15) is 18.1 Å². The Labute approximate surface area is 184 Å². The van der Waals surface area contributed by atoms with Crippen LogP contribution in [-0.2, 0) is 13.0 Å². The van der Waals surface area contributed by atoms with Gasteiger partial charge in [-0.1, -0.05) is 79.9 Å². The summed E-state index contributed by atoms with van der Waals surface area (Å²) in [5.41, 5.74) is 8.03. The molecule has 3 aromatic carbocycles. The molecule has 0 radical (unpaired) electrons. The van der Waals surface area contributed by atoms with Gasteiger partial charge in [-0.25, -0.2) is 0 Å². The van der Waals surface area contributed by atoms with Crippen LogP contribution < -0.4 is 4.74 Å². The SMILES string of the molecule is C=C/C=C\C(=C)C1=C(c2ccc(O)cc2)c2ccc(OCc3ccccc3)cc2CC1. The number of hydrogen-bond donors (Lipinski definition) is 1. The Morgan fingerprint density at radius 1 is 0.968 bits per heavy atom.